The van der Waals surface area contributed by atoms with Gasteiger partial charge in [0.25, 0.3) is 0 Å². The first-order chi connectivity index (χ1) is 19.1. The minimum atomic E-state index is -5.08. The lowest BCUT2D eigenvalue weighted by Crippen LogP contribution is -2.55. The number of hydrogen-bond donors (Lipinski definition) is 2. The Hall–Kier alpha value is -2.34. The number of nitrogens with zero attached hydrogens (tertiary/aromatic N) is 2. The van der Waals surface area contributed by atoms with Crippen LogP contribution in [0.1, 0.15) is 64.4 Å². The molecule has 7 nitrogen and oxygen atoms in total. The topological polar surface area (TPSA) is 90.0 Å². The van der Waals surface area contributed by atoms with Gasteiger partial charge in [0.15, 0.2) is 0 Å². The molecule has 2 aliphatic heterocycles. The molecule has 228 valence electrons. The number of alkyl halides is 3. The highest BCUT2D eigenvalue weighted by Gasteiger charge is 2.38. The summed E-state index contributed by atoms with van der Waals surface area (Å²) in [6.07, 6.45) is 1.11. The number of anilines is 1. The van der Waals surface area contributed by atoms with Crippen LogP contribution in [0.15, 0.2) is 53.4 Å². The molecule has 41 heavy (non-hydrogen) atoms. The van der Waals surface area contributed by atoms with Crippen molar-refractivity contribution in [3.63, 3.8) is 0 Å². The molecule has 2 heterocycles. The predicted octanol–water partition coefficient (Wildman–Crippen LogP) is 6.29. The van der Waals surface area contributed by atoms with Gasteiger partial charge in [-0.25, -0.2) is 17.9 Å². The van der Waals surface area contributed by atoms with Crippen LogP contribution in [0.5, 0.6) is 0 Å². The minimum Gasteiger partial charge on any atom is -0.475 e. The van der Waals surface area contributed by atoms with E-state index in [1.807, 2.05) is 56.3 Å². The number of hydrogen-bond acceptors (Lipinski definition) is 5. The predicted molar refractivity (Wildman–Crippen MR) is 155 cm³/mol. The molecule has 0 saturated carbocycles. The summed E-state index contributed by atoms with van der Waals surface area (Å²) in [7, 11) is -3.73. The van der Waals surface area contributed by atoms with Crippen LogP contribution >= 0.6 is 11.6 Å². The Morgan fingerprint density at radius 2 is 1.56 bits per heavy atom. The monoisotopic (exact) mass is 617 g/mol. The molecule has 2 aromatic rings. The van der Waals surface area contributed by atoms with Crippen LogP contribution in [0.25, 0.3) is 0 Å². The number of aliphatic carboxylic acids is 1. The molecule has 2 N–H and O–H groups in total. The first-order valence-corrected chi connectivity index (χ1v) is 15.7. The van der Waals surface area contributed by atoms with Gasteiger partial charge in [-0.1, -0.05) is 55.3 Å². The molecule has 2 atom stereocenters. The van der Waals surface area contributed by atoms with Crippen LogP contribution in [0, 0.1) is 0 Å². The molecule has 0 spiro atoms. The molecule has 0 radical (unpaired) electrons. The summed E-state index contributed by atoms with van der Waals surface area (Å²) in [6.45, 7) is 10.7. The van der Waals surface area contributed by atoms with Gasteiger partial charge in [-0.15, -0.1) is 0 Å². The van der Waals surface area contributed by atoms with Gasteiger partial charge >= 0.3 is 12.1 Å². The van der Waals surface area contributed by atoms with Gasteiger partial charge in [-0.2, -0.15) is 13.2 Å². The van der Waals surface area contributed by atoms with Gasteiger partial charge in [0.1, 0.15) is 4.90 Å². The van der Waals surface area contributed by atoms with Crippen molar-refractivity contribution in [3.05, 3.63) is 59.1 Å². The summed E-state index contributed by atoms with van der Waals surface area (Å²) in [4.78, 5) is 14.1. The quantitative estimate of drug-likeness (QED) is 0.380. The molecule has 2 fully saturated rings. The van der Waals surface area contributed by atoms with Gasteiger partial charge in [-0.3, -0.25) is 4.90 Å². The first kappa shape index (κ1) is 33.2. The second-order valence-corrected chi connectivity index (χ2v) is 13.1. The summed E-state index contributed by atoms with van der Waals surface area (Å²) >= 11 is 6.54. The number of halogens is 4. The average Bonchev–Trinajstić information content (AvgIpc) is 2.93. The Labute approximate surface area is 245 Å². The first-order valence-electron chi connectivity index (χ1n) is 13.8. The third-order valence-electron chi connectivity index (χ3n) is 8.19. The second kappa shape index (κ2) is 13.8. The maximum atomic E-state index is 13.1. The Balaban J connectivity index is 0.000000587. The van der Waals surface area contributed by atoms with E-state index in [1.54, 1.807) is 6.07 Å². The van der Waals surface area contributed by atoms with E-state index < -0.39 is 22.2 Å². The van der Waals surface area contributed by atoms with E-state index in [9.17, 15) is 21.6 Å². The normalized spacial score (nSPS) is 19.5. The zero-order valence-electron chi connectivity index (χ0n) is 23.6. The molecule has 2 aromatic carbocycles. The van der Waals surface area contributed by atoms with Gasteiger partial charge in [0, 0.05) is 30.4 Å². The molecule has 0 aromatic heterocycles. The lowest BCUT2D eigenvalue weighted by atomic mass is 9.86. The van der Waals surface area contributed by atoms with Crippen molar-refractivity contribution in [2.45, 2.75) is 81.4 Å². The van der Waals surface area contributed by atoms with Gasteiger partial charge < -0.3 is 10.0 Å². The Morgan fingerprint density at radius 1 is 1.00 bits per heavy atom. The van der Waals surface area contributed by atoms with E-state index in [0.717, 1.165) is 37.2 Å². The zero-order chi connectivity index (χ0) is 30.4. The minimum absolute atomic E-state index is 0.0385. The third-order valence-corrected chi connectivity index (χ3v) is 10.2. The SMILES string of the molecule is CC(NS(=O)(=O)c1ccc(N2CCC(C)(N3CCCCC3)CC2)cc1Cl)C(C)c1ccccc1.O=C(O)C(F)(F)F. The lowest BCUT2D eigenvalue weighted by molar-refractivity contribution is -0.192. The Bertz CT molecular complexity index is 1260. The molecule has 4 rings (SSSR count). The smallest absolute Gasteiger partial charge is 0.475 e. The van der Waals surface area contributed by atoms with Gasteiger partial charge in [0.05, 0.1) is 5.02 Å². The number of carbonyl (C=O) groups is 1. The number of likely N-dealkylation sites (tertiary alicyclic amines) is 1. The van der Waals surface area contributed by atoms with Crippen molar-refractivity contribution in [1.82, 2.24) is 9.62 Å². The van der Waals surface area contributed by atoms with Crippen LogP contribution in [-0.2, 0) is 14.8 Å². The van der Waals surface area contributed by atoms with E-state index in [0.29, 0.717) is 0 Å². The van der Waals surface area contributed by atoms with Crippen LogP contribution in [0.3, 0.4) is 0 Å². The van der Waals surface area contributed by atoms with E-state index in [4.69, 9.17) is 21.5 Å². The number of benzene rings is 2. The van der Waals surface area contributed by atoms with Crippen LogP contribution in [-0.4, -0.2) is 68.3 Å². The molecule has 2 unspecified atom stereocenters. The number of sulfonamides is 1. The number of carboxylic acids is 1. The number of rotatable bonds is 7. The maximum absolute atomic E-state index is 13.1. The van der Waals surface area contributed by atoms with E-state index >= 15 is 0 Å². The zero-order valence-corrected chi connectivity index (χ0v) is 25.2. The molecule has 2 aliphatic rings. The van der Waals surface area contributed by atoms with Crippen molar-refractivity contribution in [1.29, 1.82) is 0 Å². The number of nitrogens with one attached hydrogen (secondary N) is 1. The molecular formula is C29H39ClF3N3O4S. The van der Waals surface area contributed by atoms with Crippen molar-refractivity contribution < 1.29 is 31.5 Å². The standard InChI is InChI=1S/C27H38ClN3O2S.C2HF3O2/c1-21(23-10-6-4-7-11-23)22(2)29-34(32,33)26-13-12-24(20-25(26)28)30-18-14-27(3,15-19-30)31-16-8-5-9-17-31;3-2(4,5)1(6)7/h4,6-7,10-13,20-22,29H,5,8-9,14-19H2,1-3H3;(H,6,7). The van der Waals surface area contributed by atoms with Gasteiger partial charge in [-0.05, 0) is 82.3 Å². The lowest BCUT2D eigenvalue weighted by Gasteiger charge is -2.48. The highest BCUT2D eigenvalue weighted by molar-refractivity contribution is 7.89. The maximum Gasteiger partial charge on any atom is 0.490 e. The fourth-order valence-electron chi connectivity index (χ4n) is 5.36. The molecular weight excluding hydrogens is 579 g/mol. The van der Waals surface area contributed by atoms with Crippen molar-refractivity contribution in [3.8, 4) is 0 Å². The Kier molecular flexibility index (Phi) is 11.1. The van der Waals surface area contributed by atoms with Crippen LogP contribution in [0.4, 0.5) is 18.9 Å². The summed E-state index contributed by atoms with van der Waals surface area (Å²) in [6, 6.07) is 15.0. The van der Waals surface area contributed by atoms with Crippen LogP contribution in [0.2, 0.25) is 5.02 Å². The summed E-state index contributed by atoms with van der Waals surface area (Å²) in [5.41, 5.74) is 2.36. The fourth-order valence-corrected chi connectivity index (χ4v) is 7.22. The summed E-state index contributed by atoms with van der Waals surface area (Å²) in [5.74, 6) is -2.72. The number of carboxylic acid groups (broad SMARTS) is 1. The molecule has 0 aliphatic carbocycles. The molecule has 0 amide bonds. The highest BCUT2D eigenvalue weighted by atomic mass is 35.5. The number of piperidine rings is 2. The van der Waals surface area contributed by atoms with Crippen molar-refractivity contribution in [2.24, 2.45) is 0 Å². The fraction of sp³-hybridized carbons (Fsp3) is 0.552. The highest BCUT2D eigenvalue weighted by Crippen LogP contribution is 2.35. The molecule has 12 heteroatoms. The van der Waals surface area contributed by atoms with Crippen molar-refractivity contribution in [2.75, 3.05) is 31.1 Å². The van der Waals surface area contributed by atoms with E-state index in [2.05, 4.69) is 21.4 Å². The summed E-state index contributed by atoms with van der Waals surface area (Å²) in [5, 5.41) is 7.40. The summed E-state index contributed by atoms with van der Waals surface area (Å²) < 4.78 is 60.8. The third kappa shape index (κ3) is 8.83. The average molecular weight is 618 g/mol. The van der Waals surface area contributed by atoms with Gasteiger partial charge in [0.2, 0.25) is 10.0 Å². The van der Waals surface area contributed by atoms with E-state index in [-0.39, 0.29) is 27.4 Å². The van der Waals surface area contributed by atoms with Crippen molar-refractivity contribution >= 4 is 33.3 Å². The molecule has 0 bridgehead atoms. The second-order valence-electron chi connectivity index (χ2n) is 11.1. The van der Waals surface area contributed by atoms with Crippen LogP contribution < -0.4 is 9.62 Å². The molecule has 2 saturated heterocycles. The van der Waals surface area contributed by atoms with E-state index in [1.165, 1.54) is 32.4 Å². The Morgan fingerprint density at radius 3 is 2.07 bits per heavy atom. The largest absolute Gasteiger partial charge is 0.490 e.